The van der Waals surface area contributed by atoms with E-state index in [4.69, 9.17) is 46.4 Å². The molecule has 1 amide bonds. The Hall–Kier alpha value is -3.31. The Balaban J connectivity index is 1.46. The third kappa shape index (κ3) is 5.30. The van der Waals surface area contributed by atoms with Crippen LogP contribution in [-0.4, -0.2) is 30.3 Å². The summed E-state index contributed by atoms with van der Waals surface area (Å²) in [6.07, 6.45) is -3.33. The highest BCUT2D eigenvalue weighted by atomic mass is 35.5. The van der Waals surface area contributed by atoms with Crippen molar-refractivity contribution in [2.24, 2.45) is 0 Å². The van der Waals surface area contributed by atoms with Crippen LogP contribution in [0.4, 0.5) is 19.0 Å². The number of aromatic nitrogens is 5. The van der Waals surface area contributed by atoms with Crippen molar-refractivity contribution in [2.45, 2.75) is 12.7 Å². The summed E-state index contributed by atoms with van der Waals surface area (Å²) in [7, 11) is 0. The van der Waals surface area contributed by atoms with E-state index in [2.05, 4.69) is 20.5 Å². The lowest BCUT2D eigenvalue weighted by Crippen LogP contribution is -2.16. The fourth-order valence-corrected chi connectivity index (χ4v) is 4.48. The number of anilines is 1. The predicted molar refractivity (Wildman–Crippen MR) is 139 cm³/mol. The van der Waals surface area contributed by atoms with Gasteiger partial charge in [-0.25, -0.2) is 9.50 Å². The molecule has 0 radical (unpaired) electrons. The minimum atomic E-state index is -4.77. The van der Waals surface area contributed by atoms with Gasteiger partial charge in [-0.05, 0) is 30.3 Å². The second-order valence-corrected chi connectivity index (χ2v) is 9.67. The number of benzene rings is 2. The molecular formula is C24H13Cl4F3N6O. The van der Waals surface area contributed by atoms with Crippen LogP contribution in [0.25, 0.3) is 16.9 Å². The van der Waals surface area contributed by atoms with Crippen LogP contribution >= 0.6 is 46.4 Å². The van der Waals surface area contributed by atoms with E-state index < -0.39 is 17.8 Å². The van der Waals surface area contributed by atoms with Crippen molar-refractivity contribution in [1.29, 1.82) is 0 Å². The Labute approximate surface area is 232 Å². The largest absolute Gasteiger partial charge is 0.433 e. The summed E-state index contributed by atoms with van der Waals surface area (Å²) in [5.41, 5.74) is -0.573. The standard InChI is InChI=1S/C24H13Cl4F3N6O/c25-13-6-4-12(5-7-13)18-8-20(24(29,30)31)37-21(32-18)9-19(34-37)23(38)33-22-17(28)11-36(35-22)10-14-15(26)2-1-3-16(14)27/h1-9,11H,10H2,(H,33,35,38). The summed E-state index contributed by atoms with van der Waals surface area (Å²) in [5, 5.41) is 11.9. The molecule has 5 aromatic rings. The first kappa shape index (κ1) is 26.3. The van der Waals surface area contributed by atoms with Crippen molar-refractivity contribution in [3.63, 3.8) is 0 Å². The molecule has 1 N–H and O–H groups in total. The number of nitrogens with zero attached hydrogens (tertiary/aromatic N) is 5. The number of rotatable bonds is 5. The maximum Gasteiger partial charge on any atom is 0.433 e. The summed E-state index contributed by atoms with van der Waals surface area (Å²) < 4.78 is 43.6. The molecule has 0 spiro atoms. The van der Waals surface area contributed by atoms with Crippen LogP contribution in [-0.2, 0) is 12.7 Å². The van der Waals surface area contributed by atoms with Crippen LogP contribution < -0.4 is 5.32 Å². The molecule has 0 saturated carbocycles. The quantitative estimate of drug-likeness (QED) is 0.227. The zero-order chi connectivity index (χ0) is 27.2. The lowest BCUT2D eigenvalue weighted by Gasteiger charge is -2.11. The lowest BCUT2D eigenvalue weighted by molar-refractivity contribution is -0.142. The Bertz CT molecular complexity index is 1660. The summed E-state index contributed by atoms with van der Waals surface area (Å²) >= 11 is 24.5. The van der Waals surface area contributed by atoms with Gasteiger partial charge in [-0.15, -0.1) is 0 Å². The Morgan fingerprint density at radius 2 is 1.61 bits per heavy atom. The summed E-state index contributed by atoms with van der Waals surface area (Å²) in [6.45, 7) is 0.162. The summed E-state index contributed by atoms with van der Waals surface area (Å²) in [6, 6.07) is 13.2. The van der Waals surface area contributed by atoms with E-state index in [1.54, 1.807) is 30.3 Å². The molecular weight excluding hydrogens is 587 g/mol. The van der Waals surface area contributed by atoms with E-state index in [1.165, 1.54) is 23.0 Å². The van der Waals surface area contributed by atoms with Gasteiger partial charge < -0.3 is 5.32 Å². The number of carbonyl (C=O) groups is 1. The van der Waals surface area contributed by atoms with Gasteiger partial charge in [-0.2, -0.15) is 23.4 Å². The number of hydrogen-bond donors (Lipinski definition) is 1. The van der Waals surface area contributed by atoms with Gasteiger partial charge in [0.1, 0.15) is 5.02 Å². The Morgan fingerprint density at radius 1 is 0.921 bits per heavy atom. The van der Waals surface area contributed by atoms with Crippen LogP contribution in [0, 0.1) is 0 Å². The lowest BCUT2D eigenvalue weighted by atomic mass is 10.1. The first-order chi connectivity index (χ1) is 18.0. The van der Waals surface area contributed by atoms with Crippen molar-refractivity contribution in [3.8, 4) is 11.3 Å². The predicted octanol–water partition coefficient (Wildman–Crippen LogP) is 7.53. The monoisotopic (exact) mass is 598 g/mol. The number of alkyl halides is 3. The summed E-state index contributed by atoms with van der Waals surface area (Å²) in [4.78, 5) is 17.2. The molecule has 3 aromatic heterocycles. The number of hydrogen-bond acceptors (Lipinski definition) is 4. The molecule has 0 bridgehead atoms. The molecule has 0 aliphatic rings. The van der Waals surface area contributed by atoms with E-state index in [1.807, 2.05) is 0 Å². The maximum atomic E-state index is 13.9. The second-order valence-electron chi connectivity index (χ2n) is 8.01. The second kappa shape index (κ2) is 10.1. The average Bonchev–Trinajstić information content (AvgIpc) is 3.44. The van der Waals surface area contributed by atoms with Gasteiger partial charge in [0.2, 0.25) is 0 Å². The molecule has 194 valence electrons. The van der Waals surface area contributed by atoms with Gasteiger partial charge in [-0.3, -0.25) is 9.48 Å². The highest BCUT2D eigenvalue weighted by Crippen LogP contribution is 2.33. The molecule has 3 heterocycles. The van der Waals surface area contributed by atoms with Gasteiger partial charge >= 0.3 is 6.18 Å². The summed E-state index contributed by atoms with van der Waals surface area (Å²) in [5.74, 6) is -0.859. The van der Waals surface area contributed by atoms with Crippen LogP contribution in [0.1, 0.15) is 21.7 Å². The minimum Gasteiger partial charge on any atom is -0.302 e. The molecule has 0 aliphatic carbocycles. The molecule has 0 saturated heterocycles. The molecule has 0 fully saturated rings. The van der Waals surface area contributed by atoms with Crippen LogP contribution in [0.15, 0.2) is 60.8 Å². The maximum absolute atomic E-state index is 13.9. The fraction of sp³-hybridized carbons (Fsp3) is 0.0833. The smallest absolute Gasteiger partial charge is 0.302 e. The zero-order valence-corrected chi connectivity index (χ0v) is 21.8. The normalized spacial score (nSPS) is 11.8. The first-order valence-corrected chi connectivity index (χ1v) is 12.2. The molecule has 7 nitrogen and oxygen atoms in total. The van der Waals surface area contributed by atoms with Crippen molar-refractivity contribution < 1.29 is 18.0 Å². The SMILES string of the molecule is O=C(Nc1nn(Cc2c(Cl)cccc2Cl)cc1Cl)c1cc2nc(-c3ccc(Cl)cc3)cc(C(F)(F)F)n2n1. The number of nitrogens with one attached hydrogen (secondary N) is 1. The molecule has 5 rings (SSSR count). The van der Waals surface area contributed by atoms with Gasteiger partial charge in [0, 0.05) is 38.5 Å². The minimum absolute atomic E-state index is 0.0252. The molecule has 0 aliphatic heterocycles. The van der Waals surface area contributed by atoms with Gasteiger partial charge in [0.15, 0.2) is 22.9 Å². The first-order valence-electron chi connectivity index (χ1n) is 10.7. The third-order valence-electron chi connectivity index (χ3n) is 5.42. The van der Waals surface area contributed by atoms with E-state index in [-0.39, 0.29) is 34.4 Å². The van der Waals surface area contributed by atoms with Gasteiger partial charge in [-0.1, -0.05) is 64.6 Å². The molecule has 2 aromatic carbocycles. The Kier molecular flexibility index (Phi) is 6.99. The third-order valence-corrected chi connectivity index (χ3v) is 6.66. The van der Waals surface area contributed by atoms with Crippen molar-refractivity contribution in [2.75, 3.05) is 5.32 Å². The van der Waals surface area contributed by atoms with E-state index >= 15 is 0 Å². The van der Waals surface area contributed by atoms with Crippen LogP contribution in [0.5, 0.6) is 0 Å². The Morgan fingerprint density at radius 3 is 2.26 bits per heavy atom. The topological polar surface area (TPSA) is 77.1 Å². The van der Waals surface area contributed by atoms with Crippen molar-refractivity contribution in [3.05, 3.63) is 97.8 Å². The molecule has 38 heavy (non-hydrogen) atoms. The average molecular weight is 600 g/mol. The number of amides is 1. The molecule has 0 unspecified atom stereocenters. The van der Waals surface area contributed by atoms with E-state index in [0.717, 1.165) is 12.1 Å². The fourth-order valence-electron chi connectivity index (χ4n) is 3.64. The van der Waals surface area contributed by atoms with Gasteiger partial charge in [0.25, 0.3) is 5.91 Å². The highest BCUT2D eigenvalue weighted by molar-refractivity contribution is 6.36. The highest BCUT2D eigenvalue weighted by Gasteiger charge is 2.35. The van der Waals surface area contributed by atoms with E-state index in [9.17, 15) is 18.0 Å². The number of halogens is 7. The van der Waals surface area contributed by atoms with Crippen LogP contribution in [0.2, 0.25) is 20.1 Å². The zero-order valence-electron chi connectivity index (χ0n) is 18.8. The van der Waals surface area contributed by atoms with Crippen LogP contribution in [0.3, 0.4) is 0 Å². The van der Waals surface area contributed by atoms with E-state index in [0.29, 0.717) is 30.7 Å². The molecule has 14 heteroatoms. The van der Waals surface area contributed by atoms with Crippen molar-refractivity contribution in [1.82, 2.24) is 24.4 Å². The van der Waals surface area contributed by atoms with Crippen molar-refractivity contribution >= 4 is 63.8 Å². The number of fused-ring (bicyclic) bond motifs is 1. The molecule has 0 atom stereocenters. The van der Waals surface area contributed by atoms with Gasteiger partial charge in [0.05, 0.1) is 12.2 Å². The number of carbonyl (C=O) groups excluding carboxylic acids is 1.